The molecule has 1 aromatic heterocycles. The minimum Gasteiger partial charge on any atom is -0.366 e. The van der Waals surface area contributed by atoms with Crippen molar-refractivity contribution in [3.8, 4) is 0 Å². The van der Waals surface area contributed by atoms with Crippen LogP contribution in [-0.4, -0.2) is 55.8 Å². The third-order valence-corrected chi connectivity index (χ3v) is 5.46. The lowest BCUT2D eigenvalue weighted by Crippen LogP contribution is -2.36. The quantitative estimate of drug-likeness (QED) is 0.845. The van der Waals surface area contributed by atoms with E-state index in [1.165, 1.54) is 22.8 Å². The lowest BCUT2D eigenvalue weighted by Gasteiger charge is -2.22. The predicted octanol–water partition coefficient (Wildman–Crippen LogP) is -0.0545. The largest absolute Gasteiger partial charge is 0.366 e. The van der Waals surface area contributed by atoms with E-state index < -0.39 is 15.5 Å². The van der Waals surface area contributed by atoms with Crippen LogP contribution in [0.1, 0.15) is 6.92 Å². The fourth-order valence-electron chi connectivity index (χ4n) is 2.52. The first-order valence-corrected chi connectivity index (χ1v) is 7.61. The Morgan fingerprint density at radius 2 is 2.05 bits per heavy atom. The SMILES string of the molecule is CC1CN(S(=O)(=O)c2c[nH]ccc2=O)CC1N(C)C. The number of rotatable bonds is 3. The van der Waals surface area contributed by atoms with E-state index in [0.717, 1.165) is 0 Å². The second-order valence-corrected chi connectivity index (χ2v) is 7.11. The Hall–Kier alpha value is -1.18. The van der Waals surface area contributed by atoms with E-state index in [4.69, 9.17) is 0 Å². The average Bonchev–Trinajstić information content (AvgIpc) is 2.72. The molecule has 0 aliphatic carbocycles. The molecule has 0 saturated carbocycles. The Bertz CT molecular complexity index is 609. The highest BCUT2D eigenvalue weighted by atomic mass is 32.2. The summed E-state index contributed by atoms with van der Waals surface area (Å²) in [6.07, 6.45) is 2.68. The minimum absolute atomic E-state index is 0.178. The topological polar surface area (TPSA) is 73.5 Å². The fourth-order valence-corrected chi connectivity index (χ4v) is 4.11. The van der Waals surface area contributed by atoms with Crippen molar-refractivity contribution in [1.29, 1.82) is 0 Å². The smallest absolute Gasteiger partial charge is 0.248 e. The summed E-state index contributed by atoms with van der Waals surface area (Å²) >= 11 is 0. The lowest BCUT2D eigenvalue weighted by atomic mass is 10.1. The molecule has 0 spiro atoms. The average molecular weight is 285 g/mol. The van der Waals surface area contributed by atoms with Crippen LogP contribution in [0.25, 0.3) is 0 Å². The number of nitrogens with zero attached hydrogens (tertiary/aromatic N) is 2. The molecular formula is C12H19N3O3S. The van der Waals surface area contributed by atoms with Crippen molar-refractivity contribution >= 4 is 10.0 Å². The Morgan fingerprint density at radius 3 is 2.58 bits per heavy atom. The third-order valence-electron chi connectivity index (χ3n) is 3.61. The molecule has 1 fully saturated rings. The van der Waals surface area contributed by atoms with Crippen molar-refractivity contribution in [3.05, 3.63) is 28.7 Å². The van der Waals surface area contributed by atoms with Crippen LogP contribution in [0.15, 0.2) is 28.2 Å². The van der Waals surface area contributed by atoms with Gasteiger partial charge in [0, 0.05) is 37.6 Å². The second kappa shape index (κ2) is 5.07. The number of pyridine rings is 1. The molecule has 7 heteroatoms. The van der Waals surface area contributed by atoms with Gasteiger partial charge in [-0.15, -0.1) is 0 Å². The summed E-state index contributed by atoms with van der Waals surface area (Å²) in [6.45, 7) is 2.89. The van der Waals surface area contributed by atoms with Gasteiger partial charge in [-0.25, -0.2) is 8.42 Å². The number of hydrogen-bond acceptors (Lipinski definition) is 4. The standard InChI is InChI=1S/C12H19N3O3S/c1-9-7-15(8-10(9)14(2)3)19(17,18)12-6-13-5-4-11(12)16/h4-6,9-10H,7-8H2,1-3H3,(H,13,16). The Kier molecular flexibility index (Phi) is 3.80. The number of likely N-dealkylation sites (N-methyl/N-ethyl adjacent to an activating group) is 1. The molecule has 1 N–H and O–H groups in total. The van der Waals surface area contributed by atoms with Crippen LogP contribution < -0.4 is 5.43 Å². The summed E-state index contributed by atoms with van der Waals surface area (Å²) in [5.74, 6) is 0.243. The first kappa shape index (κ1) is 14.2. The van der Waals surface area contributed by atoms with Crippen LogP contribution in [0, 0.1) is 5.92 Å². The number of hydrogen-bond donors (Lipinski definition) is 1. The molecule has 2 unspecified atom stereocenters. The van der Waals surface area contributed by atoms with E-state index in [0.29, 0.717) is 13.1 Å². The van der Waals surface area contributed by atoms with Crippen molar-refractivity contribution < 1.29 is 8.42 Å². The zero-order chi connectivity index (χ0) is 14.2. The number of sulfonamides is 1. The summed E-state index contributed by atoms with van der Waals surface area (Å²) < 4.78 is 26.3. The van der Waals surface area contributed by atoms with Crippen molar-refractivity contribution in [3.63, 3.8) is 0 Å². The molecule has 0 aromatic carbocycles. The van der Waals surface area contributed by atoms with E-state index >= 15 is 0 Å². The molecule has 106 valence electrons. The Labute approximate surface area is 113 Å². The van der Waals surface area contributed by atoms with Crippen LogP contribution in [0.3, 0.4) is 0 Å². The molecule has 19 heavy (non-hydrogen) atoms. The molecule has 1 saturated heterocycles. The van der Waals surface area contributed by atoms with E-state index in [1.54, 1.807) is 0 Å². The van der Waals surface area contributed by atoms with Gasteiger partial charge in [0.1, 0.15) is 4.90 Å². The Morgan fingerprint density at radius 1 is 1.37 bits per heavy atom. The molecular weight excluding hydrogens is 266 g/mol. The summed E-state index contributed by atoms with van der Waals surface area (Å²) in [6, 6.07) is 1.41. The van der Waals surface area contributed by atoms with E-state index in [2.05, 4.69) is 4.98 Å². The number of aromatic nitrogens is 1. The highest BCUT2D eigenvalue weighted by Crippen LogP contribution is 2.24. The van der Waals surface area contributed by atoms with Crippen LogP contribution in [0.2, 0.25) is 0 Å². The van der Waals surface area contributed by atoms with Gasteiger partial charge in [0.05, 0.1) is 0 Å². The molecule has 2 rings (SSSR count). The van der Waals surface area contributed by atoms with Gasteiger partial charge in [-0.05, 0) is 20.0 Å². The molecule has 1 aliphatic rings. The van der Waals surface area contributed by atoms with Gasteiger partial charge in [-0.2, -0.15) is 4.31 Å². The van der Waals surface area contributed by atoms with Crippen LogP contribution in [-0.2, 0) is 10.0 Å². The maximum atomic E-state index is 12.5. The van der Waals surface area contributed by atoms with Gasteiger partial charge >= 0.3 is 0 Å². The van der Waals surface area contributed by atoms with Crippen molar-refractivity contribution in [2.75, 3.05) is 27.2 Å². The summed E-state index contributed by atoms with van der Waals surface area (Å²) in [7, 11) is 0.168. The molecule has 1 aliphatic heterocycles. The van der Waals surface area contributed by atoms with Gasteiger partial charge in [-0.1, -0.05) is 6.92 Å². The summed E-state index contributed by atoms with van der Waals surface area (Å²) in [5, 5.41) is 0. The molecule has 2 heterocycles. The zero-order valence-corrected chi connectivity index (χ0v) is 12.1. The molecule has 2 atom stereocenters. The van der Waals surface area contributed by atoms with E-state index in [9.17, 15) is 13.2 Å². The number of aromatic amines is 1. The van der Waals surface area contributed by atoms with Crippen LogP contribution in [0.4, 0.5) is 0 Å². The highest BCUT2D eigenvalue weighted by molar-refractivity contribution is 7.89. The second-order valence-electron chi connectivity index (χ2n) is 5.20. The van der Waals surface area contributed by atoms with Gasteiger partial charge in [0.2, 0.25) is 15.5 Å². The van der Waals surface area contributed by atoms with E-state index in [1.807, 2.05) is 25.9 Å². The zero-order valence-electron chi connectivity index (χ0n) is 11.3. The summed E-state index contributed by atoms with van der Waals surface area (Å²) in [4.78, 5) is 16.2. The van der Waals surface area contributed by atoms with Crippen molar-refractivity contribution in [2.45, 2.75) is 17.9 Å². The monoisotopic (exact) mass is 285 g/mol. The Balaban J connectivity index is 2.33. The van der Waals surface area contributed by atoms with Crippen molar-refractivity contribution in [1.82, 2.24) is 14.2 Å². The normalized spacial score (nSPS) is 25.1. The number of nitrogens with one attached hydrogen (secondary N) is 1. The maximum Gasteiger partial charge on any atom is 0.248 e. The predicted molar refractivity (Wildman–Crippen MR) is 72.5 cm³/mol. The lowest BCUT2D eigenvalue weighted by molar-refractivity contribution is 0.263. The van der Waals surface area contributed by atoms with E-state index in [-0.39, 0.29) is 16.9 Å². The van der Waals surface area contributed by atoms with Gasteiger partial charge in [-0.3, -0.25) is 4.79 Å². The van der Waals surface area contributed by atoms with Crippen LogP contribution in [0.5, 0.6) is 0 Å². The first-order chi connectivity index (χ1) is 8.84. The first-order valence-electron chi connectivity index (χ1n) is 6.17. The maximum absolute atomic E-state index is 12.5. The van der Waals surface area contributed by atoms with Gasteiger partial charge in [0.25, 0.3) is 0 Å². The molecule has 0 bridgehead atoms. The molecule has 0 radical (unpaired) electrons. The van der Waals surface area contributed by atoms with Crippen molar-refractivity contribution in [2.24, 2.45) is 5.92 Å². The fraction of sp³-hybridized carbons (Fsp3) is 0.583. The summed E-state index contributed by atoms with van der Waals surface area (Å²) in [5.41, 5.74) is -0.472. The highest BCUT2D eigenvalue weighted by Gasteiger charge is 2.38. The molecule has 0 amide bonds. The molecule has 1 aromatic rings. The van der Waals surface area contributed by atoms with Gasteiger partial charge < -0.3 is 9.88 Å². The molecule has 6 nitrogen and oxygen atoms in total. The third kappa shape index (κ3) is 2.58. The minimum atomic E-state index is -3.71. The number of H-pyrrole nitrogens is 1. The van der Waals surface area contributed by atoms with Crippen LogP contribution >= 0.6 is 0 Å². The van der Waals surface area contributed by atoms with Gasteiger partial charge in [0.15, 0.2) is 0 Å².